The highest BCUT2D eigenvalue weighted by Gasteiger charge is 2.27. The summed E-state index contributed by atoms with van der Waals surface area (Å²) in [6.07, 6.45) is 0.986. The van der Waals surface area contributed by atoms with Gasteiger partial charge in [-0.2, -0.15) is 4.98 Å². The standard InChI is InChI=1S/C15H24N2O4/c1-6-11-10(8-13(18)19)12(7-2)17(14(20)16-11)15(3,4)9-21-5/h6-9H2,1-5H3,(H,18,19). The fourth-order valence-electron chi connectivity index (χ4n) is 2.71. The molecule has 0 saturated heterocycles. The molecule has 0 spiro atoms. The average molecular weight is 296 g/mol. The van der Waals surface area contributed by atoms with Crippen LogP contribution in [0.2, 0.25) is 0 Å². The van der Waals surface area contributed by atoms with E-state index in [9.17, 15) is 9.59 Å². The van der Waals surface area contributed by atoms with Crippen LogP contribution in [0.25, 0.3) is 0 Å². The van der Waals surface area contributed by atoms with Crippen molar-refractivity contribution in [2.45, 2.75) is 52.5 Å². The minimum atomic E-state index is -0.920. The molecule has 1 N–H and O–H groups in total. The van der Waals surface area contributed by atoms with Crippen LogP contribution in [-0.4, -0.2) is 34.3 Å². The summed E-state index contributed by atoms with van der Waals surface area (Å²) >= 11 is 0. The lowest BCUT2D eigenvalue weighted by atomic mass is 9.99. The molecular formula is C15H24N2O4. The first-order valence-corrected chi connectivity index (χ1v) is 7.13. The van der Waals surface area contributed by atoms with Crippen LogP contribution in [0.15, 0.2) is 4.79 Å². The number of carboxylic acid groups (broad SMARTS) is 1. The Bertz CT molecular complexity index is 576. The molecule has 1 heterocycles. The molecule has 0 unspecified atom stereocenters. The third kappa shape index (κ3) is 3.69. The number of aliphatic carboxylic acids is 1. The molecule has 6 heteroatoms. The molecule has 0 atom stereocenters. The Labute approximate surface area is 124 Å². The summed E-state index contributed by atoms with van der Waals surface area (Å²) in [5.41, 5.74) is 1.03. The van der Waals surface area contributed by atoms with Crippen molar-refractivity contribution < 1.29 is 14.6 Å². The van der Waals surface area contributed by atoms with Crippen LogP contribution in [0.1, 0.15) is 44.6 Å². The van der Waals surface area contributed by atoms with E-state index in [2.05, 4.69) is 4.98 Å². The molecule has 0 aliphatic heterocycles. The summed E-state index contributed by atoms with van der Waals surface area (Å²) in [5, 5.41) is 9.13. The zero-order valence-electron chi connectivity index (χ0n) is 13.4. The van der Waals surface area contributed by atoms with E-state index in [1.807, 2.05) is 27.7 Å². The van der Waals surface area contributed by atoms with Crippen LogP contribution in [-0.2, 0) is 34.3 Å². The van der Waals surface area contributed by atoms with Gasteiger partial charge in [0.25, 0.3) is 0 Å². The van der Waals surface area contributed by atoms with Gasteiger partial charge in [0, 0.05) is 18.4 Å². The Morgan fingerprint density at radius 2 is 1.95 bits per heavy atom. The van der Waals surface area contributed by atoms with Crippen LogP contribution in [0.3, 0.4) is 0 Å². The number of nitrogens with zero attached hydrogens (tertiary/aromatic N) is 2. The number of methoxy groups -OCH3 is 1. The Hall–Kier alpha value is -1.69. The minimum Gasteiger partial charge on any atom is -0.481 e. The first-order valence-electron chi connectivity index (χ1n) is 7.13. The summed E-state index contributed by atoms with van der Waals surface area (Å²) in [6.45, 7) is 7.90. The predicted molar refractivity (Wildman–Crippen MR) is 79.8 cm³/mol. The van der Waals surface area contributed by atoms with Crippen molar-refractivity contribution in [3.05, 3.63) is 27.4 Å². The van der Waals surface area contributed by atoms with E-state index < -0.39 is 11.5 Å². The summed E-state index contributed by atoms with van der Waals surface area (Å²) in [7, 11) is 1.57. The first kappa shape index (κ1) is 17.4. The fourth-order valence-corrected chi connectivity index (χ4v) is 2.71. The van der Waals surface area contributed by atoms with Crippen molar-refractivity contribution in [2.75, 3.05) is 13.7 Å². The maximum atomic E-state index is 12.4. The van der Waals surface area contributed by atoms with Crippen LogP contribution in [0.4, 0.5) is 0 Å². The van der Waals surface area contributed by atoms with Gasteiger partial charge >= 0.3 is 11.7 Å². The lowest BCUT2D eigenvalue weighted by Gasteiger charge is -2.30. The number of hydrogen-bond acceptors (Lipinski definition) is 4. The van der Waals surface area contributed by atoms with Gasteiger partial charge in [-0.25, -0.2) is 4.79 Å². The van der Waals surface area contributed by atoms with Gasteiger partial charge in [-0.05, 0) is 26.7 Å². The number of carbonyl (C=O) groups is 1. The third-order valence-electron chi connectivity index (χ3n) is 3.49. The Morgan fingerprint density at radius 3 is 2.38 bits per heavy atom. The highest BCUT2D eigenvalue weighted by Crippen LogP contribution is 2.21. The maximum absolute atomic E-state index is 12.4. The third-order valence-corrected chi connectivity index (χ3v) is 3.49. The molecule has 118 valence electrons. The molecule has 21 heavy (non-hydrogen) atoms. The SMILES string of the molecule is CCc1nc(=O)n(C(C)(C)COC)c(CC)c1CC(=O)O. The zero-order valence-corrected chi connectivity index (χ0v) is 13.4. The van der Waals surface area contributed by atoms with Crippen molar-refractivity contribution in [1.29, 1.82) is 0 Å². The second kappa shape index (κ2) is 6.85. The van der Waals surface area contributed by atoms with E-state index in [0.29, 0.717) is 30.7 Å². The van der Waals surface area contributed by atoms with Crippen molar-refractivity contribution in [3.8, 4) is 0 Å². The van der Waals surface area contributed by atoms with Gasteiger partial charge in [0.2, 0.25) is 0 Å². The molecule has 0 fully saturated rings. The van der Waals surface area contributed by atoms with Crippen molar-refractivity contribution >= 4 is 5.97 Å². The Balaban J connectivity index is 3.65. The molecule has 0 saturated carbocycles. The molecule has 0 radical (unpaired) electrons. The summed E-state index contributed by atoms with van der Waals surface area (Å²) in [6, 6.07) is 0. The quantitative estimate of drug-likeness (QED) is 0.822. The van der Waals surface area contributed by atoms with E-state index in [-0.39, 0.29) is 12.1 Å². The maximum Gasteiger partial charge on any atom is 0.348 e. The number of carboxylic acids is 1. The van der Waals surface area contributed by atoms with Crippen LogP contribution >= 0.6 is 0 Å². The smallest absolute Gasteiger partial charge is 0.348 e. The summed E-state index contributed by atoms with van der Waals surface area (Å²) in [5.74, 6) is -0.920. The average Bonchev–Trinajstić information content (AvgIpc) is 2.38. The van der Waals surface area contributed by atoms with Crippen LogP contribution < -0.4 is 5.69 Å². The molecule has 0 aromatic carbocycles. The van der Waals surface area contributed by atoms with Gasteiger partial charge < -0.3 is 9.84 Å². The monoisotopic (exact) mass is 296 g/mol. The molecular weight excluding hydrogens is 272 g/mol. The first-order chi connectivity index (χ1) is 9.78. The van der Waals surface area contributed by atoms with Crippen molar-refractivity contribution in [2.24, 2.45) is 0 Å². The number of hydrogen-bond donors (Lipinski definition) is 1. The van der Waals surface area contributed by atoms with Gasteiger partial charge in [0.1, 0.15) is 0 Å². The Morgan fingerprint density at radius 1 is 1.33 bits per heavy atom. The molecule has 0 aliphatic carbocycles. The zero-order chi connectivity index (χ0) is 16.2. The van der Waals surface area contributed by atoms with E-state index >= 15 is 0 Å². The number of aryl methyl sites for hydroxylation is 1. The van der Waals surface area contributed by atoms with Crippen LogP contribution in [0.5, 0.6) is 0 Å². The summed E-state index contributed by atoms with van der Waals surface area (Å²) in [4.78, 5) is 27.6. The largest absolute Gasteiger partial charge is 0.481 e. The topological polar surface area (TPSA) is 81.4 Å². The number of aromatic nitrogens is 2. The highest BCUT2D eigenvalue weighted by atomic mass is 16.5. The van der Waals surface area contributed by atoms with E-state index in [4.69, 9.17) is 9.84 Å². The Kier molecular flexibility index (Phi) is 5.66. The van der Waals surface area contributed by atoms with Crippen molar-refractivity contribution in [3.63, 3.8) is 0 Å². The molecule has 1 aromatic rings. The second-order valence-electron chi connectivity index (χ2n) is 5.62. The highest BCUT2D eigenvalue weighted by molar-refractivity contribution is 5.71. The fraction of sp³-hybridized carbons (Fsp3) is 0.667. The van der Waals surface area contributed by atoms with Gasteiger partial charge in [-0.15, -0.1) is 0 Å². The van der Waals surface area contributed by atoms with Gasteiger partial charge in [0.05, 0.1) is 24.3 Å². The second-order valence-corrected chi connectivity index (χ2v) is 5.62. The minimum absolute atomic E-state index is 0.122. The van der Waals surface area contributed by atoms with E-state index in [1.54, 1.807) is 11.7 Å². The molecule has 1 aromatic heterocycles. The van der Waals surface area contributed by atoms with E-state index in [1.165, 1.54) is 0 Å². The lowest BCUT2D eigenvalue weighted by molar-refractivity contribution is -0.136. The van der Waals surface area contributed by atoms with Crippen LogP contribution in [0, 0.1) is 0 Å². The predicted octanol–water partition coefficient (Wildman–Crippen LogP) is 1.38. The molecule has 0 aliphatic rings. The normalized spacial score (nSPS) is 11.7. The van der Waals surface area contributed by atoms with Gasteiger partial charge in [-0.1, -0.05) is 13.8 Å². The van der Waals surface area contributed by atoms with Crippen molar-refractivity contribution in [1.82, 2.24) is 9.55 Å². The van der Waals surface area contributed by atoms with E-state index in [0.717, 1.165) is 5.69 Å². The number of rotatable bonds is 7. The summed E-state index contributed by atoms with van der Waals surface area (Å²) < 4.78 is 6.77. The number of ether oxygens (including phenoxy) is 1. The molecule has 1 rings (SSSR count). The lowest BCUT2D eigenvalue weighted by Crippen LogP contribution is -2.44. The molecule has 0 bridgehead atoms. The molecule has 0 amide bonds. The van der Waals surface area contributed by atoms with Gasteiger partial charge in [-0.3, -0.25) is 9.36 Å². The molecule has 6 nitrogen and oxygen atoms in total. The van der Waals surface area contributed by atoms with Gasteiger partial charge in [0.15, 0.2) is 0 Å².